The van der Waals surface area contributed by atoms with Crippen LogP contribution in [-0.2, 0) is 16.0 Å². The van der Waals surface area contributed by atoms with Crippen LogP contribution in [0.4, 0.5) is 5.69 Å². The van der Waals surface area contributed by atoms with Crippen LogP contribution in [0.3, 0.4) is 0 Å². The number of hydrogen-bond acceptors (Lipinski definition) is 4. The molecule has 2 aromatic rings. The van der Waals surface area contributed by atoms with Crippen LogP contribution in [0.15, 0.2) is 54.6 Å². The predicted octanol–water partition coefficient (Wildman–Crippen LogP) is 3.58. The van der Waals surface area contributed by atoms with Crippen molar-refractivity contribution in [2.24, 2.45) is 0 Å². The minimum Gasteiger partial charge on any atom is -0.492 e. The van der Waals surface area contributed by atoms with Gasteiger partial charge in [0, 0.05) is 18.8 Å². The van der Waals surface area contributed by atoms with Crippen molar-refractivity contribution in [2.75, 3.05) is 38.1 Å². The smallest absolute Gasteiger partial charge is 0.247 e. The molecular formula is C25H33N3O3. The van der Waals surface area contributed by atoms with Crippen LogP contribution in [-0.4, -0.2) is 60.4 Å². The average molecular weight is 424 g/mol. The maximum absolute atomic E-state index is 12.8. The fourth-order valence-electron chi connectivity index (χ4n) is 3.90. The molecule has 1 aliphatic rings. The Bertz CT molecular complexity index is 835. The Balaban J connectivity index is 1.51. The van der Waals surface area contributed by atoms with Gasteiger partial charge in [-0.2, -0.15) is 0 Å². The minimum atomic E-state index is -0.416. The van der Waals surface area contributed by atoms with Gasteiger partial charge in [0.25, 0.3) is 0 Å². The summed E-state index contributed by atoms with van der Waals surface area (Å²) in [6, 6.07) is 16.7. The van der Waals surface area contributed by atoms with Crippen LogP contribution in [0.25, 0.3) is 0 Å². The lowest BCUT2D eigenvalue weighted by atomic mass is 10.1. The highest BCUT2D eigenvalue weighted by Gasteiger charge is 2.33. The summed E-state index contributed by atoms with van der Waals surface area (Å²) in [5.41, 5.74) is 1.68. The van der Waals surface area contributed by atoms with Gasteiger partial charge in [-0.05, 0) is 55.8 Å². The van der Waals surface area contributed by atoms with E-state index >= 15 is 0 Å². The molecule has 0 saturated carbocycles. The highest BCUT2D eigenvalue weighted by Crippen LogP contribution is 2.22. The molecule has 1 N–H and O–H groups in total. The SMILES string of the molecule is CCN(CC)CCOc1ccc(NC(=O)C2CCCN2C(=O)Cc2ccccc2)cc1. The molecule has 2 amide bonds. The molecule has 1 aliphatic heterocycles. The number of rotatable bonds is 10. The van der Waals surface area contributed by atoms with Crippen molar-refractivity contribution < 1.29 is 14.3 Å². The van der Waals surface area contributed by atoms with Crippen LogP contribution in [0, 0.1) is 0 Å². The van der Waals surface area contributed by atoms with E-state index in [2.05, 4.69) is 24.1 Å². The van der Waals surface area contributed by atoms with Crippen LogP contribution < -0.4 is 10.1 Å². The van der Waals surface area contributed by atoms with Crippen molar-refractivity contribution in [2.45, 2.75) is 39.2 Å². The number of nitrogens with one attached hydrogen (secondary N) is 1. The minimum absolute atomic E-state index is 0.000741. The van der Waals surface area contributed by atoms with Crippen LogP contribution in [0.1, 0.15) is 32.3 Å². The molecule has 0 aromatic heterocycles. The molecule has 1 heterocycles. The molecule has 3 rings (SSSR count). The molecule has 0 spiro atoms. The van der Waals surface area contributed by atoms with Crippen molar-refractivity contribution >= 4 is 17.5 Å². The molecule has 2 aromatic carbocycles. The predicted molar refractivity (Wildman–Crippen MR) is 123 cm³/mol. The second-order valence-corrected chi connectivity index (χ2v) is 7.80. The first-order valence-corrected chi connectivity index (χ1v) is 11.2. The van der Waals surface area contributed by atoms with Gasteiger partial charge < -0.3 is 19.9 Å². The van der Waals surface area contributed by atoms with E-state index in [1.165, 1.54) is 0 Å². The zero-order chi connectivity index (χ0) is 22.1. The van der Waals surface area contributed by atoms with Crippen molar-refractivity contribution in [3.05, 3.63) is 60.2 Å². The number of carbonyl (C=O) groups is 2. The zero-order valence-corrected chi connectivity index (χ0v) is 18.5. The summed E-state index contributed by atoms with van der Waals surface area (Å²) in [5.74, 6) is 0.653. The van der Waals surface area contributed by atoms with E-state index in [1.54, 1.807) is 4.90 Å². The highest BCUT2D eigenvalue weighted by molar-refractivity contribution is 5.97. The summed E-state index contributed by atoms with van der Waals surface area (Å²) in [6.07, 6.45) is 1.86. The van der Waals surface area contributed by atoms with Crippen LogP contribution in [0.2, 0.25) is 0 Å². The van der Waals surface area contributed by atoms with Gasteiger partial charge in [-0.3, -0.25) is 9.59 Å². The quantitative estimate of drug-likeness (QED) is 0.635. The Morgan fingerprint density at radius 3 is 2.45 bits per heavy atom. The molecule has 6 nitrogen and oxygen atoms in total. The van der Waals surface area contributed by atoms with E-state index < -0.39 is 6.04 Å². The molecule has 31 heavy (non-hydrogen) atoms. The van der Waals surface area contributed by atoms with Gasteiger partial charge in [0.05, 0.1) is 6.42 Å². The number of amides is 2. The molecule has 1 fully saturated rings. The number of likely N-dealkylation sites (tertiary alicyclic amines) is 1. The van der Waals surface area contributed by atoms with Crippen molar-refractivity contribution in [1.29, 1.82) is 0 Å². The Kier molecular flexibility index (Phi) is 8.47. The monoisotopic (exact) mass is 423 g/mol. The number of anilines is 1. The Morgan fingerprint density at radius 2 is 1.77 bits per heavy atom. The Labute approximate surface area is 185 Å². The van der Waals surface area contributed by atoms with Crippen LogP contribution in [0.5, 0.6) is 5.75 Å². The number of likely N-dealkylation sites (N-methyl/N-ethyl adjacent to an activating group) is 1. The van der Waals surface area contributed by atoms with E-state index in [0.29, 0.717) is 31.7 Å². The number of ether oxygens (including phenoxy) is 1. The third kappa shape index (κ3) is 6.56. The number of nitrogens with zero attached hydrogens (tertiary/aromatic N) is 2. The molecule has 6 heteroatoms. The van der Waals surface area contributed by atoms with Crippen LogP contribution >= 0.6 is 0 Å². The first kappa shape index (κ1) is 22.8. The maximum atomic E-state index is 12.8. The van der Waals surface area contributed by atoms with Gasteiger partial charge in [0.1, 0.15) is 18.4 Å². The molecular weight excluding hydrogens is 390 g/mol. The Hall–Kier alpha value is -2.86. The second-order valence-electron chi connectivity index (χ2n) is 7.80. The molecule has 1 atom stereocenters. The summed E-state index contributed by atoms with van der Waals surface area (Å²) in [4.78, 5) is 29.6. The van der Waals surface area contributed by atoms with E-state index in [1.807, 2.05) is 54.6 Å². The fourth-order valence-corrected chi connectivity index (χ4v) is 3.90. The first-order chi connectivity index (χ1) is 15.1. The molecule has 0 bridgehead atoms. The number of benzene rings is 2. The molecule has 1 unspecified atom stereocenters. The van der Waals surface area contributed by atoms with Gasteiger partial charge in [0.15, 0.2) is 0 Å². The lowest BCUT2D eigenvalue weighted by Gasteiger charge is -2.24. The molecule has 166 valence electrons. The van der Waals surface area contributed by atoms with Gasteiger partial charge in [-0.15, -0.1) is 0 Å². The highest BCUT2D eigenvalue weighted by atomic mass is 16.5. The summed E-state index contributed by atoms with van der Waals surface area (Å²) >= 11 is 0. The summed E-state index contributed by atoms with van der Waals surface area (Å²) in [5, 5.41) is 2.96. The largest absolute Gasteiger partial charge is 0.492 e. The number of carbonyl (C=O) groups excluding carboxylic acids is 2. The van der Waals surface area contributed by atoms with Crippen molar-refractivity contribution in [3.8, 4) is 5.75 Å². The van der Waals surface area contributed by atoms with Gasteiger partial charge in [-0.25, -0.2) is 0 Å². The summed E-state index contributed by atoms with van der Waals surface area (Å²) in [6.45, 7) is 8.45. The lowest BCUT2D eigenvalue weighted by molar-refractivity contribution is -0.136. The fraction of sp³-hybridized carbons (Fsp3) is 0.440. The van der Waals surface area contributed by atoms with Gasteiger partial charge in [0.2, 0.25) is 11.8 Å². The van der Waals surface area contributed by atoms with E-state index in [4.69, 9.17) is 4.74 Å². The summed E-state index contributed by atoms with van der Waals surface area (Å²) < 4.78 is 5.80. The standard InChI is InChI=1S/C25H33N3O3/c1-3-27(4-2)17-18-31-22-14-12-21(13-15-22)26-25(30)23-11-8-16-28(23)24(29)19-20-9-6-5-7-10-20/h5-7,9-10,12-15,23H,3-4,8,11,16-19H2,1-2H3,(H,26,30). The summed E-state index contributed by atoms with van der Waals surface area (Å²) in [7, 11) is 0. The molecule has 0 aliphatic carbocycles. The van der Waals surface area contributed by atoms with Gasteiger partial charge >= 0.3 is 0 Å². The molecule has 1 saturated heterocycles. The average Bonchev–Trinajstić information content (AvgIpc) is 3.29. The number of hydrogen-bond donors (Lipinski definition) is 1. The second kappa shape index (κ2) is 11.5. The first-order valence-electron chi connectivity index (χ1n) is 11.2. The topological polar surface area (TPSA) is 61.9 Å². The van der Waals surface area contributed by atoms with Gasteiger partial charge in [-0.1, -0.05) is 44.2 Å². The Morgan fingerprint density at radius 1 is 1.06 bits per heavy atom. The van der Waals surface area contributed by atoms with Crippen molar-refractivity contribution in [1.82, 2.24) is 9.80 Å². The molecule has 0 radical (unpaired) electrons. The third-order valence-electron chi connectivity index (χ3n) is 5.77. The van der Waals surface area contributed by atoms with Crippen molar-refractivity contribution in [3.63, 3.8) is 0 Å². The normalized spacial score (nSPS) is 15.8. The van der Waals surface area contributed by atoms with E-state index in [9.17, 15) is 9.59 Å². The zero-order valence-electron chi connectivity index (χ0n) is 18.5. The maximum Gasteiger partial charge on any atom is 0.247 e. The van der Waals surface area contributed by atoms with E-state index in [0.717, 1.165) is 37.4 Å². The van der Waals surface area contributed by atoms with E-state index in [-0.39, 0.29) is 11.8 Å². The third-order valence-corrected chi connectivity index (χ3v) is 5.77. The lowest BCUT2D eigenvalue weighted by Crippen LogP contribution is -2.43.